The van der Waals surface area contributed by atoms with E-state index in [4.69, 9.17) is 16.3 Å². The molecule has 0 aliphatic carbocycles. The van der Waals surface area contributed by atoms with Crippen molar-refractivity contribution in [3.8, 4) is 0 Å². The van der Waals surface area contributed by atoms with E-state index in [0.717, 1.165) is 10.9 Å². The van der Waals surface area contributed by atoms with Crippen LogP contribution in [0.1, 0.15) is 10.4 Å². The van der Waals surface area contributed by atoms with E-state index in [-0.39, 0.29) is 5.91 Å². The zero-order chi connectivity index (χ0) is 13.5. The van der Waals surface area contributed by atoms with Gasteiger partial charge in [-0.1, -0.05) is 18.2 Å². The maximum Gasteiger partial charge on any atom is 0.252 e. The van der Waals surface area contributed by atoms with Crippen LogP contribution in [0.4, 0.5) is 0 Å². The van der Waals surface area contributed by atoms with Gasteiger partial charge in [0.05, 0.1) is 24.3 Å². The van der Waals surface area contributed by atoms with E-state index < -0.39 is 0 Å². The van der Waals surface area contributed by atoms with E-state index in [2.05, 4.69) is 10.3 Å². The molecular formula is C14H15ClN2O2. The predicted molar refractivity (Wildman–Crippen MR) is 75.6 cm³/mol. The second-order valence-corrected chi connectivity index (χ2v) is 4.31. The lowest BCUT2D eigenvalue weighted by atomic mass is 10.1. The minimum absolute atomic E-state index is 0.118. The Morgan fingerprint density at radius 3 is 2.95 bits per heavy atom. The highest BCUT2D eigenvalue weighted by Crippen LogP contribution is 2.15. The zero-order valence-corrected chi connectivity index (χ0v) is 11.2. The topological polar surface area (TPSA) is 51.2 Å². The predicted octanol–water partition coefficient (Wildman–Crippen LogP) is 2.22. The van der Waals surface area contributed by atoms with Gasteiger partial charge >= 0.3 is 0 Å². The largest absolute Gasteiger partial charge is 0.378 e. The van der Waals surface area contributed by atoms with E-state index in [1.165, 1.54) is 0 Å². The van der Waals surface area contributed by atoms with Gasteiger partial charge < -0.3 is 10.1 Å². The summed E-state index contributed by atoms with van der Waals surface area (Å²) < 4.78 is 5.20. The molecule has 2 aromatic rings. The number of nitrogens with zero attached hydrogens (tertiary/aromatic N) is 1. The molecular weight excluding hydrogens is 264 g/mol. The molecule has 0 radical (unpaired) electrons. The van der Waals surface area contributed by atoms with E-state index in [1.54, 1.807) is 12.3 Å². The van der Waals surface area contributed by atoms with Crippen molar-refractivity contribution in [1.82, 2.24) is 10.3 Å². The number of carbonyl (C=O) groups is 1. The molecule has 4 nitrogen and oxygen atoms in total. The fourth-order valence-electron chi connectivity index (χ4n) is 1.78. The Hall–Kier alpha value is -1.65. The number of alkyl halides is 1. The van der Waals surface area contributed by atoms with Crippen LogP contribution in [0.25, 0.3) is 10.9 Å². The van der Waals surface area contributed by atoms with E-state index >= 15 is 0 Å². The highest BCUT2D eigenvalue weighted by atomic mass is 35.5. The first-order valence-corrected chi connectivity index (χ1v) is 6.62. The standard InChI is InChI=1S/C14H15ClN2O2/c15-6-9-19-10-8-17-14(18)12-5-7-16-13-4-2-1-3-11(12)13/h1-5,7H,6,8-10H2,(H,17,18). The van der Waals surface area contributed by atoms with E-state index in [9.17, 15) is 4.79 Å². The third kappa shape index (κ3) is 3.66. The molecule has 100 valence electrons. The van der Waals surface area contributed by atoms with Crippen molar-refractivity contribution in [2.75, 3.05) is 25.6 Å². The first kappa shape index (κ1) is 13.8. The summed E-state index contributed by atoms with van der Waals surface area (Å²) in [5.74, 6) is 0.344. The minimum atomic E-state index is -0.118. The minimum Gasteiger partial charge on any atom is -0.378 e. The zero-order valence-electron chi connectivity index (χ0n) is 10.4. The number of benzene rings is 1. The quantitative estimate of drug-likeness (QED) is 0.651. The Morgan fingerprint density at radius 1 is 1.26 bits per heavy atom. The molecule has 0 aliphatic heterocycles. The van der Waals surface area contributed by atoms with Crippen LogP contribution in [0.15, 0.2) is 36.5 Å². The summed E-state index contributed by atoms with van der Waals surface area (Å²) in [4.78, 5) is 16.3. The number of hydrogen-bond donors (Lipinski definition) is 1. The van der Waals surface area contributed by atoms with Gasteiger partial charge in [-0.3, -0.25) is 9.78 Å². The van der Waals surface area contributed by atoms with Crippen LogP contribution in [0.3, 0.4) is 0 Å². The van der Waals surface area contributed by atoms with Gasteiger partial charge in [-0.2, -0.15) is 0 Å². The molecule has 0 saturated heterocycles. The Kier molecular flexibility index (Phi) is 5.12. The van der Waals surface area contributed by atoms with E-state index in [0.29, 0.717) is 31.2 Å². The summed E-state index contributed by atoms with van der Waals surface area (Å²) in [6, 6.07) is 9.29. The molecule has 0 saturated carbocycles. The molecule has 0 bridgehead atoms. The van der Waals surface area contributed by atoms with Crippen molar-refractivity contribution in [2.24, 2.45) is 0 Å². The fraction of sp³-hybridized carbons (Fsp3) is 0.286. The van der Waals surface area contributed by atoms with Gasteiger partial charge in [0.15, 0.2) is 0 Å². The first-order valence-electron chi connectivity index (χ1n) is 6.08. The number of carbonyl (C=O) groups excluding carboxylic acids is 1. The Morgan fingerprint density at radius 2 is 2.11 bits per heavy atom. The van der Waals surface area contributed by atoms with Gasteiger partial charge in [0, 0.05) is 24.0 Å². The first-order chi connectivity index (χ1) is 9.33. The highest BCUT2D eigenvalue weighted by Gasteiger charge is 2.09. The normalized spacial score (nSPS) is 10.6. The molecule has 19 heavy (non-hydrogen) atoms. The van der Waals surface area contributed by atoms with Crippen LogP contribution >= 0.6 is 11.6 Å². The summed E-state index contributed by atoms with van der Waals surface area (Å²) in [5.41, 5.74) is 1.44. The number of para-hydroxylation sites is 1. The SMILES string of the molecule is O=C(NCCOCCCl)c1ccnc2ccccc12. The molecule has 1 aromatic heterocycles. The van der Waals surface area contributed by atoms with Gasteiger partial charge in [-0.25, -0.2) is 0 Å². The molecule has 0 fully saturated rings. The average molecular weight is 279 g/mol. The lowest BCUT2D eigenvalue weighted by Crippen LogP contribution is -2.27. The van der Waals surface area contributed by atoms with Gasteiger partial charge in [0.25, 0.3) is 5.91 Å². The molecule has 1 amide bonds. The molecule has 1 aromatic carbocycles. The fourth-order valence-corrected chi connectivity index (χ4v) is 1.89. The summed E-state index contributed by atoms with van der Waals surface area (Å²) in [5, 5.41) is 3.67. The number of aromatic nitrogens is 1. The van der Waals surface area contributed by atoms with Crippen LogP contribution in [0.2, 0.25) is 0 Å². The van der Waals surface area contributed by atoms with E-state index in [1.807, 2.05) is 24.3 Å². The van der Waals surface area contributed by atoms with Gasteiger partial charge in [-0.15, -0.1) is 11.6 Å². The monoisotopic (exact) mass is 278 g/mol. The summed E-state index contributed by atoms with van der Waals surface area (Å²) >= 11 is 5.48. The maximum absolute atomic E-state index is 12.1. The van der Waals surface area contributed by atoms with Crippen molar-refractivity contribution in [3.63, 3.8) is 0 Å². The number of pyridine rings is 1. The van der Waals surface area contributed by atoms with Gasteiger partial charge in [-0.05, 0) is 12.1 Å². The molecule has 2 rings (SSSR count). The number of ether oxygens (including phenoxy) is 1. The van der Waals surface area contributed by atoms with Crippen molar-refractivity contribution < 1.29 is 9.53 Å². The van der Waals surface area contributed by atoms with Crippen LogP contribution in [-0.2, 0) is 4.74 Å². The number of nitrogens with one attached hydrogen (secondary N) is 1. The second-order valence-electron chi connectivity index (χ2n) is 3.93. The number of fused-ring (bicyclic) bond motifs is 1. The Balaban J connectivity index is 2.01. The molecule has 1 heterocycles. The lowest BCUT2D eigenvalue weighted by Gasteiger charge is -2.07. The average Bonchev–Trinajstić information content (AvgIpc) is 2.46. The number of rotatable bonds is 6. The van der Waals surface area contributed by atoms with Crippen LogP contribution < -0.4 is 5.32 Å². The van der Waals surface area contributed by atoms with Crippen molar-refractivity contribution >= 4 is 28.4 Å². The number of halogens is 1. The van der Waals surface area contributed by atoms with Crippen molar-refractivity contribution in [3.05, 3.63) is 42.1 Å². The van der Waals surface area contributed by atoms with Crippen LogP contribution in [-0.4, -0.2) is 36.5 Å². The van der Waals surface area contributed by atoms with Gasteiger partial charge in [0.2, 0.25) is 0 Å². The third-order valence-electron chi connectivity index (χ3n) is 2.65. The van der Waals surface area contributed by atoms with Crippen LogP contribution in [0, 0.1) is 0 Å². The molecule has 5 heteroatoms. The molecule has 0 aliphatic rings. The molecule has 0 atom stereocenters. The molecule has 0 unspecified atom stereocenters. The smallest absolute Gasteiger partial charge is 0.252 e. The van der Waals surface area contributed by atoms with Gasteiger partial charge in [0.1, 0.15) is 0 Å². The second kappa shape index (κ2) is 7.07. The maximum atomic E-state index is 12.1. The molecule has 0 spiro atoms. The van der Waals surface area contributed by atoms with Crippen molar-refractivity contribution in [1.29, 1.82) is 0 Å². The Bertz CT molecular complexity index is 555. The summed E-state index contributed by atoms with van der Waals surface area (Å²) in [7, 11) is 0. The third-order valence-corrected chi connectivity index (χ3v) is 2.80. The summed E-state index contributed by atoms with van der Waals surface area (Å²) in [6.45, 7) is 1.42. The lowest BCUT2D eigenvalue weighted by molar-refractivity contribution is 0.0925. The Labute approximate surface area is 116 Å². The van der Waals surface area contributed by atoms with Crippen molar-refractivity contribution in [2.45, 2.75) is 0 Å². The number of hydrogen-bond acceptors (Lipinski definition) is 3. The number of amides is 1. The molecule has 1 N–H and O–H groups in total. The highest BCUT2D eigenvalue weighted by molar-refractivity contribution is 6.17. The summed E-state index contributed by atoms with van der Waals surface area (Å²) in [6.07, 6.45) is 1.64. The van der Waals surface area contributed by atoms with Crippen LogP contribution in [0.5, 0.6) is 0 Å².